The van der Waals surface area contributed by atoms with Crippen molar-refractivity contribution in [1.29, 1.82) is 0 Å². The summed E-state index contributed by atoms with van der Waals surface area (Å²) in [5, 5.41) is 4.52. The van der Waals surface area contributed by atoms with E-state index in [1.54, 1.807) is 23.2 Å². The fraction of sp³-hybridized carbons (Fsp3) is 0.364. The highest BCUT2D eigenvalue weighted by Gasteiger charge is 2.31. The zero-order chi connectivity index (χ0) is 12.7. The van der Waals surface area contributed by atoms with Crippen LogP contribution in [0.4, 0.5) is 0 Å². The van der Waals surface area contributed by atoms with Crippen LogP contribution in [0.5, 0.6) is 0 Å². The number of hydrogen-bond acceptors (Lipinski definition) is 4. The number of thiazole rings is 1. The van der Waals surface area contributed by atoms with Gasteiger partial charge in [0.05, 0.1) is 18.8 Å². The predicted molar refractivity (Wildman–Crippen MR) is 66.1 cm³/mol. The molecular weight excluding hydrogens is 252 g/mol. The minimum absolute atomic E-state index is 0.0709. The Morgan fingerprint density at radius 1 is 1.56 bits per heavy atom. The second-order valence-corrected chi connectivity index (χ2v) is 5.11. The van der Waals surface area contributed by atoms with Crippen LogP contribution in [0, 0.1) is 0 Å². The van der Waals surface area contributed by atoms with Gasteiger partial charge in [-0.3, -0.25) is 14.0 Å². The maximum absolute atomic E-state index is 11.8. The summed E-state index contributed by atoms with van der Waals surface area (Å²) in [6.07, 6.45) is 3.81. The lowest BCUT2D eigenvalue weighted by atomic mass is 10.2. The Balaban J connectivity index is 1.84. The number of imidazole rings is 1. The van der Waals surface area contributed by atoms with Gasteiger partial charge in [-0.15, -0.1) is 11.3 Å². The number of fused-ring (bicyclic) bond motifs is 1. The molecule has 0 radical (unpaired) electrons. The molecule has 1 unspecified atom stereocenters. The molecule has 7 heteroatoms. The monoisotopic (exact) mass is 264 g/mol. The Bertz CT molecular complexity index is 589. The largest absolute Gasteiger partial charge is 0.345 e. The van der Waals surface area contributed by atoms with Gasteiger partial charge < -0.3 is 10.2 Å². The summed E-state index contributed by atoms with van der Waals surface area (Å²) in [5.41, 5.74) is 0.803. The second kappa shape index (κ2) is 4.09. The number of hydrogen-bond donors (Lipinski definition) is 1. The number of piperazine rings is 1. The molecular formula is C11H12N4O2S. The van der Waals surface area contributed by atoms with Gasteiger partial charge >= 0.3 is 0 Å². The van der Waals surface area contributed by atoms with E-state index in [2.05, 4.69) is 10.3 Å². The molecule has 18 heavy (non-hydrogen) atoms. The Morgan fingerprint density at radius 3 is 3.17 bits per heavy atom. The molecule has 94 valence electrons. The molecule has 3 rings (SSSR count). The van der Waals surface area contributed by atoms with E-state index in [1.807, 2.05) is 22.2 Å². The van der Waals surface area contributed by atoms with Gasteiger partial charge in [0, 0.05) is 17.8 Å². The molecule has 0 saturated carbocycles. The molecule has 6 nitrogen and oxygen atoms in total. The molecule has 2 amide bonds. The van der Waals surface area contributed by atoms with Gasteiger partial charge in [0.2, 0.25) is 11.8 Å². The van der Waals surface area contributed by atoms with Crippen molar-refractivity contribution in [2.75, 3.05) is 6.54 Å². The minimum atomic E-state index is -0.439. The Morgan fingerprint density at radius 2 is 2.39 bits per heavy atom. The summed E-state index contributed by atoms with van der Waals surface area (Å²) >= 11 is 1.54. The van der Waals surface area contributed by atoms with Crippen molar-refractivity contribution in [3.8, 4) is 0 Å². The van der Waals surface area contributed by atoms with E-state index in [4.69, 9.17) is 0 Å². The van der Waals surface area contributed by atoms with E-state index < -0.39 is 6.04 Å². The molecule has 0 spiro atoms. The number of aromatic nitrogens is 2. The molecule has 1 N–H and O–H groups in total. The minimum Gasteiger partial charge on any atom is -0.345 e. The van der Waals surface area contributed by atoms with Crippen molar-refractivity contribution in [2.24, 2.45) is 0 Å². The van der Waals surface area contributed by atoms with Crippen molar-refractivity contribution in [1.82, 2.24) is 19.6 Å². The molecule has 0 aliphatic carbocycles. The number of carbonyl (C=O) groups is 2. The molecule has 1 aliphatic rings. The number of amides is 2. The smallest absolute Gasteiger partial charge is 0.242 e. The zero-order valence-electron chi connectivity index (χ0n) is 9.79. The van der Waals surface area contributed by atoms with Gasteiger partial charge in [0.1, 0.15) is 6.04 Å². The van der Waals surface area contributed by atoms with Crippen molar-refractivity contribution in [2.45, 2.75) is 19.5 Å². The number of nitrogens with zero attached hydrogens (tertiary/aromatic N) is 3. The highest BCUT2D eigenvalue weighted by Crippen LogP contribution is 2.15. The topological polar surface area (TPSA) is 66.7 Å². The van der Waals surface area contributed by atoms with Crippen LogP contribution in [-0.2, 0) is 16.1 Å². The van der Waals surface area contributed by atoms with Gasteiger partial charge in [-0.25, -0.2) is 4.98 Å². The van der Waals surface area contributed by atoms with E-state index >= 15 is 0 Å². The SMILES string of the molecule is CC1C(=O)NCC(=O)N1Cc1cn2ccsc2n1. The van der Waals surface area contributed by atoms with Crippen LogP contribution in [0.3, 0.4) is 0 Å². The van der Waals surface area contributed by atoms with Crippen LogP contribution < -0.4 is 5.32 Å². The van der Waals surface area contributed by atoms with Crippen LogP contribution in [0.15, 0.2) is 17.8 Å². The summed E-state index contributed by atoms with van der Waals surface area (Å²) in [5.74, 6) is -0.186. The van der Waals surface area contributed by atoms with E-state index in [9.17, 15) is 9.59 Å². The van der Waals surface area contributed by atoms with Gasteiger partial charge in [-0.1, -0.05) is 0 Å². The normalized spacial score (nSPS) is 20.5. The summed E-state index contributed by atoms with van der Waals surface area (Å²) in [6, 6.07) is -0.439. The quantitative estimate of drug-likeness (QED) is 0.845. The number of nitrogens with one attached hydrogen (secondary N) is 1. The van der Waals surface area contributed by atoms with Crippen LogP contribution >= 0.6 is 11.3 Å². The highest BCUT2D eigenvalue weighted by molar-refractivity contribution is 7.15. The average Bonchev–Trinajstić information content (AvgIpc) is 2.90. The average molecular weight is 264 g/mol. The van der Waals surface area contributed by atoms with E-state index in [-0.39, 0.29) is 18.4 Å². The van der Waals surface area contributed by atoms with E-state index in [0.29, 0.717) is 6.54 Å². The Kier molecular flexibility index (Phi) is 2.55. The maximum Gasteiger partial charge on any atom is 0.242 e. The summed E-state index contributed by atoms with van der Waals surface area (Å²) in [6.45, 7) is 2.18. The fourth-order valence-corrected chi connectivity index (χ4v) is 2.74. The van der Waals surface area contributed by atoms with Gasteiger partial charge in [-0.05, 0) is 6.92 Å². The summed E-state index contributed by atoms with van der Waals surface area (Å²) in [4.78, 5) is 30.2. The first-order valence-electron chi connectivity index (χ1n) is 5.63. The molecule has 1 fully saturated rings. The first kappa shape index (κ1) is 11.2. The number of carbonyl (C=O) groups excluding carboxylic acids is 2. The fourth-order valence-electron chi connectivity index (χ4n) is 2.02. The molecule has 2 aromatic rings. The van der Waals surface area contributed by atoms with E-state index in [0.717, 1.165) is 10.7 Å². The molecule has 2 aromatic heterocycles. The lowest BCUT2D eigenvalue weighted by Crippen LogP contribution is -2.56. The van der Waals surface area contributed by atoms with Crippen molar-refractivity contribution >= 4 is 28.1 Å². The van der Waals surface area contributed by atoms with Crippen LogP contribution in [0.1, 0.15) is 12.6 Å². The second-order valence-electron chi connectivity index (χ2n) is 4.24. The lowest BCUT2D eigenvalue weighted by Gasteiger charge is -2.32. The Labute approximate surface area is 107 Å². The van der Waals surface area contributed by atoms with E-state index in [1.165, 1.54) is 0 Å². The van der Waals surface area contributed by atoms with Crippen molar-refractivity contribution < 1.29 is 9.59 Å². The zero-order valence-corrected chi connectivity index (χ0v) is 10.6. The van der Waals surface area contributed by atoms with Gasteiger partial charge in [0.25, 0.3) is 0 Å². The molecule has 3 heterocycles. The van der Waals surface area contributed by atoms with Gasteiger partial charge in [-0.2, -0.15) is 0 Å². The van der Waals surface area contributed by atoms with Crippen LogP contribution in [0.25, 0.3) is 4.96 Å². The highest BCUT2D eigenvalue weighted by atomic mass is 32.1. The number of rotatable bonds is 2. The van der Waals surface area contributed by atoms with Crippen molar-refractivity contribution in [3.63, 3.8) is 0 Å². The van der Waals surface area contributed by atoms with Gasteiger partial charge in [0.15, 0.2) is 4.96 Å². The van der Waals surface area contributed by atoms with Crippen molar-refractivity contribution in [3.05, 3.63) is 23.5 Å². The Hall–Kier alpha value is -1.89. The molecule has 0 bridgehead atoms. The van der Waals surface area contributed by atoms with Crippen LogP contribution in [-0.4, -0.2) is 38.7 Å². The third-order valence-electron chi connectivity index (χ3n) is 3.06. The third-order valence-corrected chi connectivity index (χ3v) is 3.83. The third kappa shape index (κ3) is 1.76. The molecule has 1 aliphatic heterocycles. The van der Waals surface area contributed by atoms with Crippen LogP contribution in [0.2, 0.25) is 0 Å². The summed E-state index contributed by atoms with van der Waals surface area (Å²) < 4.78 is 1.92. The lowest BCUT2D eigenvalue weighted by molar-refractivity contribution is -0.145. The summed E-state index contributed by atoms with van der Waals surface area (Å²) in [7, 11) is 0. The molecule has 1 atom stereocenters. The first-order chi connectivity index (χ1) is 8.65. The maximum atomic E-state index is 11.8. The standard InChI is InChI=1S/C11H12N4O2S/c1-7-10(17)12-4-9(16)15(7)6-8-5-14-2-3-18-11(14)13-8/h2-3,5,7H,4,6H2,1H3,(H,12,17). The molecule has 1 saturated heterocycles. The predicted octanol–water partition coefficient (Wildman–Crippen LogP) is 0.243. The first-order valence-corrected chi connectivity index (χ1v) is 6.51. The molecule has 0 aromatic carbocycles.